The highest BCUT2D eigenvalue weighted by Gasteiger charge is 2.17. The molecule has 0 atom stereocenters. The van der Waals surface area contributed by atoms with Gasteiger partial charge in [-0.3, -0.25) is 19.7 Å². The maximum atomic E-state index is 12.9. The zero-order valence-electron chi connectivity index (χ0n) is 15.4. The van der Waals surface area contributed by atoms with Gasteiger partial charge in [0.15, 0.2) is 0 Å². The van der Waals surface area contributed by atoms with Gasteiger partial charge >= 0.3 is 0 Å². The average Bonchev–Trinajstić information content (AvgIpc) is 3.24. The Morgan fingerprint density at radius 3 is 2.55 bits per heavy atom. The van der Waals surface area contributed by atoms with E-state index in [9.17, 15) is 19.7 Å². The zero-order chi connectivity index (χ0) is 20.8. The highest BCUT2D eigenvalue weighted by molar-refractivity contribution is 7.12. The molecule has 0 aliphatic rings. The second kappa shape index (κ2) is 8.94. The molecule has 0 radical (unpaired) electrons. The minimum atomic E-state index is -0.532. The minimum absolute atomic E-state index is 0.0212. The quantitative estimate of drug-likeness (QED) is 0.360. The van der Waals surface area contributed by atoms with Crippen LogP contribution in [-0.2, 0) is 4.79 Å². The molecule has 2 aromatic carbocycles. The molecule has 8 heteroatoms. The van der Waals surface area contributed by atoms with Crippen LogP contribution in [0.5, 0.6) is 0 Å². The van der Waals surface area contributed by atoms with Gasteiger partial charge in [0.25, 0.3) is 17.5 Å². The van der Waals surface area contributed by atoms with E-state index in [1.807, 2.05) is 19.1 Å². The van der Waals surface area contributed by atoms with Crippen LogP contribution >= 0.6 is 11.3 Å². The summed E-state index contributed by atoms with van der Waals surface area (Å²) >= 11 is 1.24. The van der Waals surface area contributed by atoms with Crippen molar-refractivity contribution >= 4 is 40.6 Å². The SMILES string of the molecule is Cc1ccccc1NC(=O)/C(=C/c1cccc([N+](=O)[O-])c1)NC(=O)c1cccs1. The maximum absolute atomic E-state index is 12.9. The molecule has 2 amide bonds. The lowest BCUT2D eigenvalue weighted by atomic mass is 10.1. The molecule has 0 saturated carbocycles. The van der Waals surface area contributed by atoms with E-state index in [0.29, 0.717) is 16.1 Å². The molecule has 2 N–H and O–H groups in total. The molecule has 146 valence electrons. The Kier molecular flexibility index (Phi) is 6.16. The summed E-state index contributed by atoms with van der Waals surface area (Å²) in [4.78, 5) is 36.3. The smallest absolute Gasteiger partial charge is 0.272 e. The highest BCUT2D eigenvalue weighted by atomic mass is 32.1. The van der Waals surface area contributed by atoms with E-state index in [2.05, 4.69) is 10.6 Å². The molecular formula is C21H17N3O4S. The lowest BCUT2D eigenvalue weighted by molar-refractivity contribution is -0.384. The molecule has 29 heavy (non-hydrogen) atoms. The minimum Gasteiger partial charge on any atom is -0.320 e. The van der Waals surface area contributed by atoms with E-state index in [1.165, 1.54) is 35.6 Å². The fourth-order valence-electron chi connectivity index (χ4n) is 2.55. The summed E-state index contributed by atoms with van der Waals surface area (Å²) in [7, 11) is 0. The van der Waals surface area contributed by atoms with Crippen molar-refractivity contribution in [3.63, 3.8) is 0 Å². The standard InChI is InChI=1S/C21H17N3O4S/c1-14-6-2-3-9-17(14)22-20(25)18(23-21(26)19-10-5-11-29-19)13-15-7-4-8-16(12-15)24(27)28/h2-13H,1H3,(H,22,25)(H,23,26)/b18-13-. The number of rotatable bonds is 6. The van der Waals surface area contributed by atoms with E-state index < -0.39 is 16.7 Å². The zero-order valence-corrected chi connectivity index (χ0v) is 16.2. The molecule has 3 aromatic rings. The van der Waals surface area contributed by atoms with Gasteiger partial charge in [0.05, 0.1) is 9.80 Å². The Bertz CT molecular complexity index is 1090. The number of para-hydroxylation sites is 1. The first kappa shape index (κ1) is 20.0. The van der Waals surface area contributed by atoms with Crippen LogP contribution in [0.2, 0.25) is 0 Å². The van der Waals surface area contributed by atoms with Crippen molar-refractivity contribution in [1.29, 1.82) is 0 Å². The predicted octanol–water partition coefficient (Wildman–Crippen LogP) is 4.37. The third kappa shape index (κ3) is 5.14. The number of benzene rings is 2. The Labute approximate surface area is 170 Å². The van der Waals surface area contributed by atoms with Crippen LogP contribution in [0.3, 0.4) is 0 Å². The fraction of sp³-hybridized carbons (Fsp3) is 0.0476. The summed E-state index contributed by atoms with van der Waals surface area (Å²) in [6, 6.07) is 16.4. The third-order valence-electron chi connectivity index (χ3n) is 4.02. The van der Waals surface area contributed by atoms with Gasteiger partial charge < -0.3 is 10.6 Å². The predicted molar refractivity (Wildman–Crippen MR) is 113 cm³/mol. The Hall–Kier alpha value is -3.78. The third-order valence-corrected chi connectivity index (χ3v) is 4.89. The van der Waals surface area contributed by atoms with Gasteiger partial charge in [0.1, 0.15) is 5.70 Å². The van der Waals surface area contributed by atoms with Crippen LogP contribution < -0.4 is 10.6 Å². The van der Waals surface area contributed by atoms with Gasteiger partial charge in [0.2, 0.25) is 0 Å². The fourth-order valence-corrected chi connectivity index (χ4v) is 3.17. The van der Waals surface area contributed by atoms with Crippen LogP contribution in [0.4, 0.5) is 11.4 Å². The number of hydrogen-bond acceptors (Lipinski definition) is 5. The van der Waals surface area contributed by atoms with Crippen molar-refractivity contribution in [2.75, 3.05) is 5.32 Å². The summed E-state index contributed by atoms with van der Waals surface area (Å²) in [6.45, 7) is 1.85. The molecule has 0 saturated heterocycles. The van der Waals surface area contributed by atoms with E-state index in [1.54, 1.807) is 35.7 Å². The molecule has 0 aliphatic heterocycles. The van der Waals surface area contributed by atoms with Gasteiger partial charge in [-0.05, 0) is 41.6 Å². The van der Waals surface area contributed by atoms with E-state index >= 15 is 0 Å². The molecule has 1 heterocycles. The van der Waals surface area contributed by atoms with Crippen molar-refractivity contribution in [3.05, 3.63) is 97.9 Å². The second-order valence-corrected chi connectivity index (χ2v) is 7.06. The summed E-state index contributed by atoms with van der Waals surface area (Å²) in [5.41, 5.74) is 1.75. The van der Waals surface area contributed by atoms with Gasteiger partial charge in [0, 0.05) is 17.8 Å². The van der Waals surface area contributed by atoms with Crippen molar-refractivity contribution in [3.8, 4) is 0 Å². The summed E-state index contributed by atoms with van der Waals surface area (Å²) in [5.74, 6) is -0.965. The number of amides is 2. The van der Waals surface area contributed by atoms with Crippen LogP contribution in [0.25, 0.3) is 6.08 Å². The molecule has 7 nitrogen and oxygen atoms in total. The topological polar surface area (TPSA) is 101 Å². The van der Waals surface area contributed by atoms with E-state index in [4.69, 9.17) is 0 Å². The number of aryl methyl sites for hydroxylation is 1. The average molecular weight is 407 g/mol. The summed E-state index contributed by atoms with van der Waals surface area (Å²) in [5, 5.41) is 18.2. The van der Waals surface area contributed by atoms with Crippen molar-refractivity contribution in [2.45, 2.75) is 6.92 Å². The highest BCUT2D eigenvalue weighted by Crippen LogP contribution is 2.18. The number of nitrogens with zero attached hydrogens (tertiary/aromatic N) is 1. The van der Waals surface area contributed by atoms with Gasteiger partial charge in [-0.2, -0.15) is 0 Å². The van der Waals surface area contributed by atoms with E-state index in [-0.39, 0.29) is 11.4 Å². The van der Waals surface area contributed by atoms with Gasteiger partial charge in [-0.15, -0.1) is 11.3 Å². The summed E-state index contributed by atoms with van der Waals surface area (Å²) in [6.07, 6.45) is 1.41. The number of hydrogen-bond donors (Lipinski definition) is 2. The number of nitro groups is 1. The van der Waals surface area contributed by atoms with Crippen LogP contribution in [0.15, 0.2) is 71.7 Å². The first-order chi connectivity index (χ1) is 13.9. The van der Waals surface area contributed by atoms with Crippen molar-refractivity contribution < 1.29 is 14.5 Å². The lowest BCUT2D eigenvalue weighted by Gasteiger charge is -2.12. The number of nitrogens with one attached hydrogen (secondary N) is 2. The molecule has 1 aromatic heterocycles. The van der Waals surface area contributed by atoms with Crippen LogP contribution in [0, 0.1) is 17.0 Å². The molecule has 0 bridgehead atoms. The molecule has 0 unspecified atom stereocenters. The molecule has 0 fully saturated rings. The lowest BCUT2D eigenvalue weighted by Crippen LogP contribution is -2.30. The number of anilines is 1. The second-order valence-electron chi connectivity index (χ2n) is 6.11. The van der Waals surface area contributed by atoms with Crippen molar-refractivity contribution in [2.24, 2.45) is 0 Å². The normalized spacial score (nSPS) is 11.0. The Morgan fingerprint density at radius 1 is 1.07 bits per heavy atom. The molecule has 0 spiro atoms. The molecule has 0 aliphatic carbocycles. The number of carbonyl (C=O) groups is 2. The number of non-ortho nitro benzene ring substituents is 1. The number of thiophene rings is 1. The van der Waals surface area contributed by atoms with E-state index in [0.717, 1.165) is 5.56 Å². The first-order valence-corrected chi connectivity index (χ1v) is 9.50. The van der Waals surface area contributed by atoms with Crippen molar-refractivity contribution in [1.82, 2.24) is 5.32 Å². The monoisotopic (exact) mass is 407 g/mol. The maximum Gasteiger partial charge on any atom is 0.272 e. The van der Waals surface area contributed by atoms with Gasteiger partial charge in [-0.1, -0.05) is 36.4 Å². The summed E-state index contributed by atoms with van der Waals surface area (Å²) < 4.78 is 0. The van der Waals surface area contributed by atoms with Crippen LogP contribution in [0.1, 0.15) is 20.8 Å². The Balaban J connectivity index is 1.93. The Morgan fingerprint density at radius 2 is 1.86 bits per heavy atom. The van der Waals surface area contributed by atoms with Gasteiger partial charge in [-0.25, -0.2) is 0 Å². The number of carbonyl (C=O) groups excluding carboxylic acids is 2. The first-order valence-electron chi connectivity index (χ1n) is 8.62. The number of nitro benzene ring substituents is 1. The molecular weight excluding hydrogens is 390 g/mol. The molecule has 3 rings (SSSR count). The van der Waals surface area contributed by atoms with Crippen LogP contribution in [-0.4, -0.2) is 16.7 Å². The largest absolute Gasteiger partial charge is 0.320 e.